The highest BCUT2D eigenvalue weighted by Crippen LogP contribution is 2.34. The van der Waals surface area contributed by atoms with E-state index in [-0.39, 0.29) is 17.9 Å². The fraction of sp³-hybridized carbons (Fsp3) is 0.833. The molecule has 0 aromatic carbocycles. The molecule has 2 fully saturated rings. The molecule has 1 amide bonds. The van der Waals surface area contributed by atoms with Gasteiger partial charge in [0.05, 0.1) is 5.92 Å². The Labute approximate surface area is 95.6 Å². The summed E-state index contributed by atoms with van der Waals surface area (Å²) in [4.78, 5) is 24.6. The molecular weight excluding hydrogens is 206 g/mol. The van der Waals surface area contributed by atoms with E-state index in [0.717, 1.165) is 12.3 Å². The summed E-state index contributed by atoms with van der Waals surface area (Å²) in [7, 11) is 0. The average Bonchev–Trinajstić information content (AvgIpc) is 2.97. The molecule has 1 heterocycles. The molecule has 0 spiro atoms. The van der Waals surface area contributed by atoms with Gasteiger partial charge in [-0.2, -0.15) is 0 Å². The van der Waals surface area contributed by atoms with Crippen molar-refractivity contribution >= 4 is 11.9 Å². The lowest BCUT2D eigenvalue weighted by atomic mass is 10.0. The SMILES string of the molecule is CC1C(C(=O)O)CCN1C(=O)CCC1CC1. The fourth-order valence-electron chi connectivity index (χ4n) is 2.50. The fourth-order valence-corrected chi connectivity index (χ4v) is 2.50. The van der Waals surface area contributed by atoms with Crippen molar-refractivity contribution < 1.29 is 14.7 Å². The van der Waals surface area contributed by atoms with Gasteiger partial charge in [0.2, 0.25) is 5.91 Å². The van der Waals surface area contributed by atoms with Crippen molar-refractivity contribution in [3.8, 4) is 0 Å². The second-order valence-electron chi connectivity index (χ2n) is 5.04. The van der Waals surface area contributed by atoms with Gasteiger partial charge in [0.25, 0.3) is 0 Å². The molecule has 1 N–H and O–H groups in total. The highest BCUT2D eigenvalue weighted by molar-refractivity contribution is 5.79. The minimum atomic E-state index is -0.773. The summed E-state index contributed by atoms with van der Waals surface area (Å²) in [6.45, 7) is 2.46. The molecule has 0 radical (unpaired) electrons. The summed E-state index contributed by atoms with van der Waals surface area (Å²) in [5.74, 6) is -0.241. The molecule has 2 atom stereocenters. The molecule has 4 nitrogen and oxygen atoms in total. The minimum Gasteiger partial charge on any atom is -0.481 e. The first-order valence-corrected chi connectivity index (χ1v) is 6.12. The topological polar surface area (TPSA) is 57.6 Å². The number of carbonyl (C=O) groups excluding carboxylic acids is 1. The van der Waals surface area contributed by atoms with Gasteiger partial charge in [-0.15, -0.1) is 0 Å². The van der Waals surface area contributed by atoms with E-state index in [4.69, 9.17) is 5.11 Å². The number of amides is 1. The van der Waals surface area contributed by atoms with Crippen LogP contribution in [-0.2, 0) is 9.59 Å². The van der Waals surface area contributed by atoms with Gasteiger partial charge in [0.1, 0.15) is 0 Å². The van der Waals surface area contributed by atoms with E-state index in [2.05, 4.69) is 0 Å². The standard InChI is InChI=1S/C12H19NO3/c1-8-10(12(15)16)6-7-13(8)11(14)5-4-9-2-3-9/h8-10H,2-7H2,1H3,(H,15,16). The third-order valence-corrected chi connectivity index (χ3v) is 3.86. The molecule has 16 heavy (non-hydrogen) atoms. The van der Waals surface area contributed by atoms with Crippen molar-refractivity contribution in [1.82, 2.24) is 4.90 Å². The second kappa shape index (κ2) is 4.44. The van der Waals surface area contributed by atoms with E-state index in [0.29, 0.717) is 19.4 Å². The third-order valence-electron chi connectivity index (χ3n) is 3.86. The largest absolute Gasteiger partial charge is 0.481 e. The van der Waals surface area contributed by atoms with Crippen LogP contribution >= 0.6 is 0 Å². The van der Waals surface area contributed by atoms with Gasteiger partial charge in [-0.05, 0) is 25.7 Å². The first-order valence-electron chi connectivity index (χ1n) is 6.12. The minimum absolute atomic E-state index is 0.135. The number of aliphatic carboxylic acids is 1. The zero-order chi connectivity index (χ0) is 11.7. The van der Waals surface area contributed by atoms with Gasteiger partial charge < -0.3 is 10.0 Å². The molecule has 2 rings (SSSR count). The van der Waals surface area contributed by atoms with E-state index >= 15 is 0 Å². The van der Waals surface area contributed by atoms with Crippen LogP contribution in [0.1, 0.15) is 39.0 Å². The molecule has 1 saturated heterocycles. The Morgan fingerprint density at radius 3 is 2.50 bits per heavy atom. The number of rotatable bonds is 4. The molecule has 0 aromatic rings. The number of likely N-dealkylation sites (tertiary alicyclic amines) is 1. The third kappa shape index (κ3) is 2.36. The van der Waals surface area contributed by atoms with E-state index < -0.39 is 5.97 Å². The number of hydrogen-bond donors (Lipinski definition) is 1. The Hall–Kier alpha value is -1.06. The van der Waals surface area contributed by atoms with Crippen LogP contribution in [0.4, 0.5) is 0 Å². The molecule has 1 saturated carbocycles. The summed E-state index contributed by atoms with van der Waals surface area (Å²) in [5.41, 5.74) is 0. The highest BCUT2D eigenvalue weighted by atomic mass is 16.4. The Balaban J connectivity index is 1.84. The van der Waals surface area contributed by atoms with Crippen LogP contribution in [-0.4, -0.2) is 34.5 Å². The molecule has 90 valence electrons. The van der Waals surface area contributed by atoms with Crippen molar-refractivity contribution in [2.24, 2.45) is 11.8 Å². The van der Waals surface area contributed by atoms with Crippen molar-refractivity contribution in [3.05, 3.63) is 0 Å². The van der Waals surface area contributed by atoms with Gasteiger partial charge in [-0.3, -0.25) is 9.59 Å². The Morgan fingerprint density at radius 1 is 1.31 bits per heavy atom. The number of hydrogen-bond acceptors (Lipinski definition) is 2. The molecule has 4 heteroatoms. The van der Waals surface area contributed by atoms with Crippen molar-refractivity contribution in [2.75, 3.05) is 6.54 Å². The van der Waals surface area contributed by atoms with Crippen LogP contribution in [0.2, 0.25) is 0 Å². The first kappa shape index (κ1) is 11.4. The lowest BCUT2D eigenvalue weighted by Gasteiger charge is -2.23. The van der Waals surface area contributed by atoms with Gasteiger partial charge in [0, 0.05) is 19.0 Å². The molecule has 2 unspecified atom stereocenters. The van der Waals surface area contributed by atoms with Crippen LogP contribution in [0.15, 0.2) is 0 Å². The van der Waals surface area contributed by atoms with Crippen LogP contribution < -0.4 is 0 Å². The Morgan fingerprint density at radius 2 is 2.00 bits per heavy atom. The summed E-state index contributed by atoms with van der Waals surface area (Å²) >= 11 is 0. The highest BCUT2D eigenvalue weighted by Gasteiger charge is 2.38. The molecule has 1 aliphatic carbocycles. The maximum absolute atomic E-state index is 11.9. The second-order valence-corrected chi connectivity index (χ2v) is 5.04. The number of carboxylic acids is 1. The predicted octanol–water partition coefficient (Wildman–Crippen LogP) is 1.50. The van der Waals surface area contributed by atoms with E-state index in [1.807, 2.05) is 6.92 Å². The zero-order valence-corrected chi connectivity index (χ0v) is 9.69. The Kier molecular flexibility index (Phi) is 3.17. The number of nitrogens with zero attached hydrogens (tertiary/aromatic N) is 1. The van der Waals surface area contributed by atoms with Crippen molar-refractivity contribution in [2.45, 2.75) is 45.1 Å². The quantitative estimate of drug-likeness (QED) is 0.788. The van der Waals surface area contributed by atoms with Crippen molar-refractivity contribution in [1.29, 1.82) is 0 Å². The monoisotopic (exact) mass is 225 g/mol. The predicted molar refractivity (Wildman–Crippen MR) is 58.9 cm³/mol. The molecular formula is C12H19NO3. The first-order chi connectivity index (χ1) is 7.59. The number of carboxylic acid groups (broad SMARTS) is 1. The smallest absolute Gasteiger partial charge is 0.308 e. The zero-order valence-electron chi connectivity index (χ0n) is 9.69. The van der Waals surface area contributed by atoms with Gasteiger partial charge in [-0.25, -0.2) is 0 Å². The van der Waals surface area contributed by atoms with Crippen LogP contribution in [0.5, 0.6) is 0 Å². The summed E-state index contributed by atoms with van der Waals surface area (Å²) in [6, 6.07) is -0.135. The van der Waals surface area contributed by atoms with Crippen molar-refractivity contribution in [3.63, 3.8) is 0 Å². The van der Waals surface area contributed by atoms with Gasteiger partial charge in [-0.1, -0.05) is 12.8 Å². The van der Waals surface area contributed by atoms with Gasteiger partial charge in [0.15, 0.2) is 0 Å². The van der Waals surface area contributed by atoms with Crippen LogP contribution in [0.25, 0.3) is 0 Å². The normalized spacial score (nSPS) is 29.4. The maximum atomic E-state index is 11.9. The van der Waals surface area contributed by atoms with E-state index in [1.165, 1.54) is 12.8 Å². The molecule has 0 bridgehead atoms. The Bertz CT molecular complexity index is 299. The van der Waals surface area contributed by atoms with E-state index in [9.17, 15) is 9.59 Å². The summed E-state index contributed by atoms with van der Waals surface area (Å²) in [6.07, 6.45) is 4.72. The van der Waals surface area contributed by atoms with E-state index in [1.54, 1.807) is 4.90 Å². The molecule has 2 aliphatic rings. The maximum Gasteiger partial charge on any atom is 0.308 e. The average molecular weight is 225 g/mol. The van der Waals surface area contributed by atoms with Crippen LogP contribution in [0.3, 0.4) is 0 Å². The molecule has 1 aliphatic heterocycles. The van der Waals surface area contributed by atoms with Crippen LogP contribution in [0, 0.1) is 11.8 Å². The summed E-state index contributed by atoms with van der Waals surface area (Å²) in [5, 5.41) is 8.97. The molecule has 0 aromatic heterocycles. The summed E-state index contributed by atoms with van der Waals surface area (Å²) < 4.78 is 0. The number of carbonyl (C=O) groups is 2. The van der Waals surface area contributed by atoms with Gasteiger partial charge >= 0.3 is 5.97 Å². The lowest BCUT2D eigenvalue weighted by molar-refractivity contribution is -0.143. The lowest BCUT2D eigenvalue weighted by Crippen LogP contribution is -2.37.